The molecular formula is C16H23ClO3S. The van der Waals surface area contributed by atoms with Crippen LogP contribution in [0.4, 0.5) is 0 Å². The van der Waals surface area contributed by atoms with Crippen LogP contribution in [0.25, 0.3) is 0 Å². The molecule has 1 aliphatic rings. The lowest BCUT2D eigenvalue weighted by molar-refractivity contribution is 0.171. The van der Waals surface area contributed by atoms with Gasteiger partial charge in [-0.3, -0.25) is 0 Å². The summed E-state index contributed by atoms with van der Waals surface area (Å²) in [7, 11) is 1.96. The second-order valence-electron chi connectivity index (χ2n) is 6.40. The highest BCUT2D eigenvalue weighted by Crippen LogP contribution is 2.40. The van der Waals surface area contributed by atoms with Crippen LogP contribution >= 0.6 is 10.7 Å². The molecule has 1 aliphatic carbocycles. The molecule has 1 saturated carbocycles. The van der Waals surface area contributed by atoms with Gasteiger partial charge in [0, 0.05) is 16.1 Å². The van der Waals surface area contributed by atoms with Gasteiger partial charge in [0.25, 0.3) is 0 Å². The van der Waals surface area contributed by atoms with Gasteiger partial charge in [-0.25, -0.2) is 8.42 Å². The summed E-state index contributed by atoms with van der Waals surface area (Å²) in [5.74, 6) is 1.28. The summed E-state index contributed by atoms with van der Waals surface area (Å²) in [4.78, 5) is 0. The Bertz CT molecular complexity index is 558. The first-order valence-electron chi connectivity index (χ1n) is 7.45. The first-order chi connectivity index (χ1) is 9.80. The standard InChI is InChI=1S/C16H23ClO3S/c1-13(2)14-5-7-15(8-6-14)20-11-16(9-3-4-10-16)12-21(17,18)19/h5-8,13H,3-4,9-12H2,1-2H3. The van der Waals surface area contributed by atoms with Gasteiger partial charge in [0.15, 0.2) is 0 Å². The Labute approximate surface area is 132 Å². The van der Waals surface area contributed by atoms with E-state index in [1.807, 2.05) is 12.1 Å². The Balaban J connectivity index is 2.02. The van der Waals surface area contributed by atoms with Crippen LogP contribution in [0.1, 0.15) is 51.0 Å². The molecule has 3 nitrogen and oxygen atoms in total. The molecule has 0 aliphatic heterocycles. The van der Waals surface area contributed by atoms with Crippen molar-refractivity contribution in [1.82, 2.24) is 0 Å². The second kappa shape index (κ2) is 6.57. The van der Waals surface area contributed by atoms with E-state index in [0.717, 1.165) is 31.4 Å². The molecule has 5 heteroatoms. The molecule has 0 unspecified atom stereocenters. The number of hydrogen-bond acceptors (Lipinski definition) is 3. The third kappa shape index (κ3) is 4.89. The smallest absolute Gasteiger partial charge is 0.233 e. The summed E-state index contributed by atoms with van der Waals surface area (Å²) in [6.45, 7) is 4.71. The summed E-state index contributed by atoms with van der Waals surface area (Å²) in [5.41, 5.74) is 0.943. The molecule has 21 heavy (non-hydrogen) atoms. The number of benzene rings is 1. The van der Waals surface area contributed by atoms with Gasteiger partial charge in [-0.2, -0.15) is 0 Å². The van der Waals surface area contributed by atoms with Crippen molar-refractivity contribution in [3.05, 3.63) is 29.8 Å². The molecule has 2 rings (SSSR count). The van der Waals surface area contributed by atoms with Crippen LogP contribution < -0.4 is 4.74 Å². The van der Waals surface area contributed by atoms with Gasteiger partial charge in [0.05, 0.1) is 12.4 Å². The predicted octanol–water partition coefficient (Wildman–Crippen LogP) is 4.32. The Morgan fingerprint density at radius 1 is 1.19 bits per heavy atom. The molecule has 0 spiro atoms. The van der Waals surface area contributed by atoms with E-state index in [-0.39, 0.29) is 11.2 Å². The first-order valence-corrected chi connectivity index (χ1v) is 9.93. The van der Waals surface area contributed by atoms with E-state index >= 15 is 0 Å². The highest BCUT2D eigenvalue weighted by Gasteiger charge is 2.38. The van der Waals surface area contributed by atoms with Crippen LogP contribution in [0.2, 0.25) is 0 Å². The lowest BCUT2D eigenvalue weighted by Gasteiger charge is -2.27. The Kier molecular flexibility index (Phi) is 5.20. The van der Waals surface area contributed by atoms with Crippen LogP contribution in [0.3, 0.4) is 0 Å². The molecule has 1 aromatic carbocycles. The van der Waals surface area contributed by atoms with Crippen LogP contribution in [-0.2, 0) is 9.05 Å². The minimum absolute atomic E-state index is 0.00559. The fraction of sp³-hybridized carbons (Fsp3) is 0.625. The van der Waals surface area contributed by atoms with E-state index in [0.29, 0.717) is 12.5 Å². The van der Waals surface area contributed by atoms with Crippen molar-refractivity contribution in [1.29, 1.82) is 0 Å². The maximum atomic E-state index is 11.4. The Hall–Kier alpha value is -0.740. The molecule has 1 aromatic rings. The van der Waals surface area contributed by atoms with Crippen LogP contribution in [0.5, 0.6) is 5.75 Å². The summed E-state index contributed by atoms with van der Waals surface area (Å²) in [6, 6.07) is 8.01. The quantitative estimate of drug-likeness (QED) is 0.730. The monoisotopic (exact) mass is 330 g/mol. The number of rotatable bonds is 6. The van der Waals surface area contributed by atoms with E-state index in [1.54, 1.807) is 0 Å². The van der Waals surface area contributed by atoms with E-state index in [9.17, 15) is 8.42 Å². The zero-order valence-electron chi connectivity index (χ0n) is 12.6. The zero-order valence-corrected chi connectivity index (χ0v) is 14.2. The second-order valence-corrected chi connectivity index (χ2v) is 9.18. The van der Waals surface area contributed by atoms with E-state index in [1.165, 1.54) is 5.56 Å². The average molecular weight is 331 g/mol. The molecule has 0 atom stereocenters. The van der Waals surface area contributed by atoms with Crippen molar-refractivity contribution in [3.8, 4) is 5.75 Å². The van der Waals surface area contributed by atoms with E-state index in [2.05, 4.69) is 26.0 Å². The molecule has 0 bridgehead atoms. The summed E-state index contributed by atoms with van der Waals surface area (Å²) in [6.07, 6.45) is 3.82. The van der Waals surface area contributed by atoms with Crippen molar-refractivity contribution in [2.75, 3.05) is 12.4 Å². The maximum Gasteiger partial charge on any atom is 0.233 e. The highest BCUT2D eigenvalue weighted by molar-refractivity contribution is 8.13. The summed E-state index contributed by atoms with van der Waals surface area (Å²) >= 11 is 0. The summed E-state index contributed by atoms with van der Waals surface area (Å²) in [5, 5.41) is 0. The minimum atomic E-state index is -3.50. The summed E-state index contributed by atoms with van der Waals surface area (Å²) < 4.78 is 28.7. The Morgan fingerprint density at radius 2 is 1.76 bits per heavy atom. The molecule has 0 saturated heterocycles. The van der Waals surface area contributed by atoms with Gasteiger partial charge in [-0.1, -0.05) is 38.8 Å². The lowest BCUT2D eigenvalue weighted by Crippen LogP contribution is -2.32. The molecule has 0 heterocycles. The van der Waals surface area contributed by atoms with Gasteiger partial charge in [-0.05, 0) is 36.5 Å². The largest absolute Gasteiger partial charge is 0.493 e. The number of ether oxygens (including phenoxy) is 1. The van der Waals surface area contributed by atoms with Crippen molar-refractivity contribution in [3.63, 3.8) is 0 Å². The zero-order chi connectivity index (χ0) is 15.5. The predicted molar refractivity (Wildman–Crippen MR) is 86.6 cm³/mol. The van der Waals surface area contributed by atoms with Gasteiger partial charge >= 0.3 is 0 Å². The Morgan fingerprint density at radius 3 is 2.24 bits per heavy atom. The molecular weight excluding hydrogens is 308 g/mol. The normalized spacial score (nSPS) is 18.1. The molecule has 1 fully saturated rings. The number of hydrogen-bond donors (Lipinski definition) is 0. The van der Waals surface area contributed by atoms with Gasteiger partial charge < -0.3 is 4.74 Å². The fourth-order valence-corrected chi connectivity index (χ4v) is 4.80. The van der Waals surface area contributed by atoms with Crippen molar-refractivity contribution < 1.29 is 13.2 Å². The third-order valence-corrected chi connectivity index (χ3v) is 5.52. The van der Waals surface area contributed by atoms with Crippen molar-refractivity contribution >= 4 is 19.7 Å². The van der Waals surface area contributed by atoms with Crippen molar-refractivity contribution in [2.24, 2.45) is 5.41 Å². The lowest BCUT2D eigenvalue weighted by atomic mass is 9.90. The molecule has 118 valence electrons. The van der Waals surface area contributed by atoms with Gasteiger partial charge in [0.1, 0.15) is 5.75 Å². The van der Waals surface area contributed by atoms with Crippen LogP contribution in [-0.4, -0.2) is 20.8 Å². The molecule has 0 N–H and O–H groups in total. The van der Waals surface area contributed by atoms with E-state index in [4.69, 9.17) is 15.4 Å². The van der Waals surface area contributed by atoms with E-state index < -0.39 is 9.05 Å². The van der Waals surface area contributed by atoms with Crippen LogP contribution in [0.15, 0.2) is 24.3 Å². The van der Waals surface area contributed by atoms with Gasteiger partial charge in [-0.15, -0.1) is 0 Å². The van der Waals surface area contributed by atoms with Crippen molar-refractivity contribution in [2.45, 2.75) is 45.4 Å². The van der Waals surface area contributed by atoms with Gasteiger partial charge in [0.2, 0.25) is 9.05 Å². The molecule has 0 radical (unpaired) electrons. The number of halogens is 1. The minimum Gasteiger partial charge on any atom is -0.493 e. The average Bonchev–Trinajstić information content (AvgIpc) is 2.83. The third-order valence-electron chi connectivity index (χ3n) is 4.23. The molecule has 0 aromatic heterocycles. The fourth-order valence-electron chi connectivity index (χ4n) is 3.01. The first kappa shape index (κ1) is 16.6. The highest BCUT2D eigenvalue weighted by atomic mass is 35.7. The topological polar surface area (TPSA) is 43.4 Å². The maximum absolute atomic E-state index is 11.4. The SMILES string of the molecule is CC(C)c1ccc(OCC2(CS(=O)(=O)Cl)CCCC2)cc1. The molecule has 0 amide bonds. The van der Waals surface area contributed by atoms with Crippen LogP contribution in [0, 0.1) is 5.41 Å².